The molecule has 0 aromatic carbocycles. The SMILES string of the molecule is CCCC[C@@H](CN)Oc1cccc(Cl)n1. The first kappa shape index (κ1) is 12.3. The molecule has 2 N–H and O–H groups in total. The molecule has 1 rings (SSSR count). The van der Waals surface area contributed by atoms with Crippen LogP contribution < -0.4 is 10.5 Å². The van der Waals surface area contributed by atoms with E-state index in [9.17, 15) is 0 Å². The van der Waals surface area contributed by atoms with Gasteiger partial charge >= 0.3 is 0 Å². The lowest BCUT2D eigenvalue weighted by molar-refractivity contribution is 0.188. The van der Waals surface area contributed by atoms with Gasteiger partial charge in [-0.1, -0.05) is 31.0 Å². The maximum atomic E-state index is 5.75. The highest BCUT2D eigenvalue weighted by Gasteiger charge is 2.08. The van der Waals surface area contributed by atoms with Crippen LogP contribution in [-0.2, 0) is 0 Å². The number of hydrogen-bond acceptors (Lipinski definition) is 3. The van der Waals surface area contributed by atoms with E-state index in [-0.39, 0.29) is 6.10 Å². The van der Waals surface area contributed by atoms with Crippen LogP contribution in [0.4, 0.5) is 0 Å². The number of nitrogens with zero attached hydrogens (tertiary/aromatic N) is 1. The summed E-state index contributed by atoms with van der Waals surface area (Å²) in [5, 5.41) is 0.443. The maximum absolute atomic E-state index is 5.75. The van der Waals surface area contributed by atoms with Crippen LogP contribution in [0.1, 0.15) is 26.2 Å². The molecule has 15 heavy (non-hydrogen) atoms. The zero-order valence-electron chi connectivity index (χ0n) is 8.95. The van der Waals surface area contributed by atoms with E-state index in [0.717, 1.165) is 19.3 Å². The summed E-state index contributed by atoms with van der Waals surface area (Å²) in [6, 6.07) is 5.33. The third-order valence-electron chi connectivity index (χ3n) is 2.12. The molecule has 84 valence electrons. The molecular weight excluding hydrogens is 212 g/mol. The number of unbranched alkanes of at least 4 members (excludes halogenated alkanes) is 1. The Morgan fingerprint density at radius 1 is 1.53 bits per heavy atom. The third-order valence-corrected chi connectivity index (χ3v) is 2.33. The van der Waals surface area contributed by atoms with E-state index in [1.54, 1.807) is 12.1 Å². The van der Waals surface area contributed by atoms with E-state index < -0.39 is 0 Å². The van der Waals surface area contributed by atoms with Crippen molar-refractivity contribution in [1.29, 1.82) is 0 Å². The molecule has 1 aromatic heterocycles. The Morgan fingerprint density at radius 2 is 2.33 bits per heavy atom. The molecular formula is C11H17ClN2O. The molecule has 0 aliphatic rings. The zero-order valence-corrected chi connectivity index (χ0v) is 9.70. The average Bonchev–Trinajstić information content (AvgIpc) is 2.24. The van der Waals surface area contributed by atoms with Crippen LogP contribution in [0.5, 0.6) is 5.88 Å². The van der Waals surface area contributed by atoms with Crippen molar-refractivity contribution in [3.63, 3.8) is 0 Å². The second-order valence-electron chi connectivity index (χ2n) is 3.42. The molecule has 3 nitrogen and oxygen atoms in total. The summed E-state index contributed by atoms with van der Waals surface area (Å²) in [5.41, 5.74) is 5.61. The van der Waals surface area contributed by atoms with E-state index in [0.29, 0.717) is 17.6 Å². The van der Waals surface area contributed by atoms with Crippen molar-refractivity contribution >= 4 is 11.6 Å². The van der Waals surface area contributed by atoms with Crippen LogP contribution in [0, 0.1) is 0 Å². The minimum absolute atomic E-state index is 0.0379. The number of ether oxygens (including phenoxy) is 1. The summed E-state index contributed by atoms with van der Waals surface area (Å²) < 4.78 is 5.63. The van der Waals surface area contributed by atoms with Gasteiger partial charge in [-0.05, 0) is 18.9 Å². The highest BCUT2D eigenvalue weighted by Crippen LogP contribution is 2.14. The number of rotatable bonds is 6. The highest BCUT2D eigenvalue weighted by atomic mass is 35.5. The molecule has 0 bridgehead atoms. The first-order valence-corrected chi connectivity index (χ1v) is 5.63. The number of aromatic nitrogens is 1. The summed E-state index contributed by atoms with van der Waals surface area (Å²) in [4.78, 5) is 4.06. The second-order valence-corrected chi connectivity index (χ2v) is 3.80. The van der Waals surface area contributed by atoms with Crippen molar-refractivity contribution in [3.05, 3.63) is 23.4 Å². The van der Waals surface area contributed by atoms with Crippen molar-refractivity contribution in [3.8, 4) is 5.88 Å². The second kappa shape index (κ2) is 6.64. The minimum atomic E-state index is 0.0379. The van der Waals surface area contributed by atoms with Gasteiger partial charge < -0.3 is 10.5 Å². The fraction of sp³-hybridized carbons (Fsp3) is 0.545. The highest BCUT2D eigenvalue weighted by molar-refractivity contribution is 6.29. The van der Waals surface area contributed by atoms with Gasteiger partial charge in [0.05, 0.1) is 0 Å². The van der Waals surface area contributed by atoms with E-state index in [4.69, 9.17) is 22.1 Å². The molecule has 0 aliphatic heterocycles. The Kier molecular flexibility index (Phi) is 5.43. The van der Waals surface area contributed by atoms with Gasteiger partial charge in [-0.3, -0.25) is 0 Å². The van der Waals surface area contributed by atoms with Crippen LogP contribution in [0.25, 0.3) is 0 Å². The van der Waals surface area contributed by atoms with Gasteiger partial charge in [-0.2, -0.15) is 0 Å². The van der Waals surface area contributed by atoms with Crippen molar-refractivity contribution in [1.82, 2.24) is 4.98 Å². The Balaban J connectivity index is 2.50. The zero-order chi connectivity index (χ0) is 11.1. The van der Waals surface area contributed by atoms with Gasteiger partial charge in [0.25, 0.3) is 0 Å². The molecule has 1 aromatic rings. The predicted molar refractivity (Wildman–Crippen MR) is 62.2 cm³/mol. The standard InChI is InChI=1S/C11H17ClN2O/c1-2-3-5-9(8-13)15-11-7-4-6-10(12)14-11/h4,6-7,9H,2-3,5,8,13H2,1H3/t9-/m0/s1. The molecule has 4 heteroatoms. The largest absolute Gasteiger partial charge is 0.473 e. The minimum Gasteiger partial charge on any atom is -0.473 e. The molecule has 0 spiro atoms. The maximum Gasteiger partial charge on any atom is 0.214 e. The summed E-state index contributed by atoms with van der Waals surface area (Å²) in [7, 11) is 0. The van der Waals surface area contributed by atoms with E-state index in [1.807, 2.05) is 6.07 Å². The summed E-state index contributed by atoms with van der Waals surface area (Å²) in [6.45, 7) is 2.65. The average molecular weight is 229 g/mol. The summed E-state index contributed by atoms with van der Waals surface area (Å²) in [5.74, 6) is 0.550. The molecule has 0 saturated heterocycles. The van der Waals surface area contributed by atoms with Gasteiger partial charge in [0.1, 0.15) is 11.3 Å². The Morgan fingerprint density at radius 3 is 2.93 bits per heavy atom. The summed E-state index contributed by atoms with van der Waals surface area (Å²) >= 11 is 5.75. The molecule has 1 atom stereocenters. The van der Waals surface area contributed by atoms with Gasteiger partial charge in [0.2, 0.25) is 5.88 Å². The van der Waals surface area contributed by atoms with Gasteiger partial charge in [0.15, 0.2) is 0 Å². The predicted octanol–water partition coefficient (Wildman–Crippen LogP) is 2.63. The number of halogens is 1. The van der Waals surface area contributed by atoms with E-state index in [1.165, 1.54) is 0 Å². The quantitative estimate of drug-likeness (QED) is 0.762. The Labute approximate surface area is 95.6 Å². The Bertz CT molecular complexity index is 294. The smallest absolute Gasteiger partial charge is 0.214 e. The van der Waals surface area contributed by atoms with Gasteiger partial charge in [-0.15, -0.1) is 0 Å². The lowest BCUT2D eigenvalue weighted by Crippen LogP contribution is -2.26. The first-order valence-electron chi connectivity index (χ1n) is 5.25. The molecule has 0 radical (unpaired) electrons. The topological polar surface area (TPSA) is 48.1 Å². The molecule has 0 fully saturated rings. The van der Waals surface area contributed by atoms with Crippen molar-refractivity contribution in [2.75, 3.05) is 6.54 Å². The number of pyridine rings is 1. The lowest BCUT2D eigenvalue weighted by Gasteiger charge is -2.16. The van der Waals surface area contributed by atoms with E-state index >= 15 is 0 Å². The number of hydrogen-bond donors (Lipinski definition) is 1. The molecule has 0 saturated carbocycles. The Hall–Kier alpha value is -0.800. The van der Waals surface area contributed by atoms with Crippen LogP contribution in [-0.4, -0.2) is 17.6 Å². The van der Waals surface area contributed by atoms with Crippen molar-refractivity contribution < 1.29 is 4.74 Å². The third kappa shape index (κ3) is 4.49. The fourth-order valence-corrected chi connectivity index (χ4v) is 1.44. The number of nitrogens with two attached hydrogens (primary N) is 1. The van der Waals surface area contributed by atoms with Crippen LogP contribution >= 0.6 is 11.6 Å². The lowest BCUT2D eigenvalue weighted by atomic mass is 10.1. The van der Waals surface area contributed by atoms with Crippen LogP contribution in [0.15, 0.2) is 18.2 Å². The normalized spacial score (nSPS) is 12.5. The van der Waals surface area contributed by atoms with Gasteiger partial charge in [-0.25, -0.2) is 4.98 Å². The molecule has 0 unspecified atom stereocenters. The van der Waals surface area contributed by atoms with Crippen molar-refractivity contribution in [2.45, 2.75) is 32.3 Å². The summed E-state index contributed by atoms with van der Waals surface area (Å²) in [6.07, 6.45) is 3.25. The van der Waals surface area contributed by atoms with Crippen LogP contribution in [0.3, 0.4) is 0 Å². The van der Waals surface area contributed by atoms with E-state index in [2.05, 4.69) is 11.9 Å². The first-order chi connectivity index (χ1) is 7.26. The fourth-order valence-electron chi connectivity index (χ4n) is 1.28. The molecule has 0 amide bonds. The molecule has 0 aliphatic carbocycles. The van der Waals surface area contributed by atoms with Crippen molar-refractivity contribution in [2.24, 2.45) is 5.73 Å². The van der Waals surface area contributed by atoms with Gasteiger partial charge in [0, 0.05) is 12.6 Å². The monoisotopic (exact) mass is 228 g/mol. The van der Waals surface area contributed by atoms with Crippen LogP contribution in [0.2, 0.25) is 5.15 Å². The molecule has 1 heterocycles.